The molecule has 4 nitrogen and oxygen atoms in total. The fourth-order valence-corrected chi connectivity index (χ4v) is 2.12. The highest BCUT2D eigenvalue weighted by molar-refractivity contribution is 5.63. The van der Waals surface area contributed by atoms with Gasteiger partial charge in [-0.3, -0.25) is 0 Å². The third-order valence-electron chi connectivity index (χ3n) is 3.03. The molecule has 2 aromatic rings. The van der Waals surface area contributed by atoms with Gasteiger partial charge >= 0.3 is 0 Å². The van der Waals surface area contributed by atoms with E-state index in [9.17, 15) is 0 Å². The maximum absolute atomic E-state index is 5.60. The number of aryl methyl sites for hydroxylation is 1. The third-order valence-corrected chi connectivity index (χ3v) is 3.03. The van der Waals surface area contributed by atoms with Gasteiger partial charge in [-0.15, -0.1) is 0 Å². The molecule has 1 aliphatic rings. The Kier molecular flexibility index (Phi) is 2.48. The number of benzene rings is 1. The summed E-state index contributed by atoms with van der Waals surface area (Å²) in [6, 6.07) is 6.29. The first kappa shape index (κ1) is 10.2. The summed E-state index contributed by atoms with van der Waals surface area (Å²) in [6.07, 6.45) is 4.04. The lowest BCUT2D eigenvalue weighted by Crippen LogP contribution is -2.08. The van der Waals surface area contributed by atoms with Crippen LogP contribution in [-0.4, -0.2) is 23.6 Å². The maximum Gasteiger partial charge on any atom is 0.200 e. The number of imidazole rings is 1. The summed E-state index contributed by atoms with van der Waals surface area (Å²) in [4.78, 5) is 7.45. The number of nitrogens with zero attached hydrogens (tertiary/aromatic N) is 1. The molecular weight excluding hydrogens is 214 g/mol. The van der Waals surface area contributed by atoms with E-state index in [1.807, 2.05) is 19.3 Å². The van der Waals surface area contributed by atoms with E-state index >= 15 is 0 Å². The molecule has 0 aliphatic carbocycles. The Bertz CT molecular complexity index is 533. The average molecular weight is 229 g/mol. The van der Waals surface area contributed by atoms with Gasteiger partial charge in [0, 0.05) is 12.6 Å². The van der Waals surface area contributed by atoms with Crippen molar-refractivity contribution in [2.45, 2.75) is 12.8 Å². The molecule has 2 N–H and O–H groups in total. The van der Waals surface area contributed by atoms with Gasteiger partial charge in [0.05, 0.1) is 18.5 Å². The SMILES string of the molecule is CNc1ncc(-c2ccc3c(c2)CCCO3)[nH]1. The Labute approximate surface area is 100 Å². The number of fused-ring (bicyclic) bond motifs is 1. The predicted molar refractivity (Wildman–Crippen MR) is 67.4 cm³/mol. The summed E-state index contributed by atoms with van der Waals surface area (Å²) in [5.74, 6) is 1.81. The Balaban J connectivity index is 1.97. The van der Waals surface area contributed by atoms with Crippen LogP contribution in [0.1, 0.15) is 12.0 Å². The van der Waals surface area contributed by atoms with Crippen molar-refractivity contribution >= 4 is 5.95 Å². The average Bonchev–Trinajstić information content (AvgIpc) is 2.87. The van der Waals surface area contributed by atoms with Gasteiger partial charge in [-0.1, -0.05) is 0 Å². The zero-order valence-corrected chi connectivity index (χ0v) is 9.79. The third kappa shape index (κ3) is 1.86. The molecule has 17 heavy (non-hydrogen) atoms. The van der Waals surface area contributed by atoms with Crippen LogP contribution >= 0.6 is 0 Å². The predicted octanol–water partition coefficient (Wildman–Crippen LogP) is 2.44. The molecule has 0 fully saturated rings. The highest BCUT2D eigenvalue weighted by Crippen LogP contribution is 2.29. The normalized spacial score (nSPS) is 13.9. The van der Waals surface area contributed by atoms with Crippen molar-refractivity contribution in [2.24, 2.45) is 0 Å². The van der Waals surface area contributed by atoms with Crippen molar-refractivity contribution in [1.29, 1.82) is 0 Å². The van der Waals surface area contributed by atoms with Gasteiger partial charge in [-0.25, -0.2) is 4.98 Å². The number of ether oxygens (including phenoxy) is 1. The van der Waals surface area contributed by atoms with Crippen molar-refractivity contribution in [1.82, 2.24) is 9.97 Å². The molecule has 0 atom stereocenters. The molecule has 0 unspecified atom stereocenters. The van der Waals surface area contributed by atoms with Crippen molar-refractivity contribution < 1.29 is 4.74 Å². The second-order valence-electron chi connectivity index (χ2n) is 4.17. The minimum absolute atomic E-state index is 0.786. The molecule has 1 aromatic heterocycles. The number of aromatic nitrogens is 2. The van der Waals surface area contributed by atoms with Crippen LogP contribution in [0.4, 0.5) is 5.95 Å². The van der Waals surface area contributed by atoms with Crippen molar-refractivity contribution in [3.63, 3.8) is 0 Å². The van der Waals surface area contributed by atoms with Gasteiger partial charge in [0.25, 0.3) is 0 Å². The number of rotatable bonds is 2. The van der Waals surface area contributed by atoms with Crippen LogP contribution in [0.3, 0.4) is 0 Å². The first-order chi connectivity index (χ1) is 8.36. The first-order valence-corrected chi connectivity index (χ1v) is 5.85. The molecule has 0 saturated heterocycles. The van der Waals surface area contributed by atoms with Gasteiger partial charge < -0.3 is 15.0 Å². The summed E-state index contributed by atoms with van der Waals surface area (Å²) in [6.45, 7) is 0.834. The van der Waals surface area contributed by atoms with Crippen LogP contribution in [0.2, 0.25) is 0 Å². The summed E-state index contributed by atoms with van der Waals surface area (Å²) in [7, 11) is 1.85. The van der Waals surface area contributed by atoms with Crippen LogP contribution < -0.4 is 10.1 Å². The van der Waals surface area contributed by atoms with E-state index in [2.05, 4.69) is 27.4 Å². The Hall–Kier alpha value is -1.97. The standard InChI is InChI=1S/C13H15N3O/c1-14-13-15-8-11(16-13)9-4-5-12-10(7-9)3-2-6-17-12/h4-5,7-8H,2-3,6H2,1H3,(H2,14,15,16). The second-order valence-corrected chi connectivity index (χ2v) is 4.17. The van der Waals surface area contributed by atoms with Crippen molar-refractivity contribution in [3.8, 4) is 17.0 Å². The van der Waals surface area contributed by atoms with E-state index in [0.717, 1.165) is 42.4 Å². The summed E-state index contributed by atoms with van der Waals surface area (Å²) < 4.78 is 5.60. The van der Waals surface area contributed by atoms with Gasteiger partial charge in [-0.2, -0.15) is 0 Å². The monoisotopic (exact) mass is 229 g/mol. The van der Waals surface area contributed by atoms with Crippen molar-refractivity contribution in [2.75, 3.05) is 19.0 Å². The van der Waals surface area contributed by atoms with Gasteiger partial charge in [0.15, 0.2) is 5.95 Å². The van der Waals surface area contributed by atoms with Gasteiger partial charge in [0.1, 0.15) is 5.75 Å². The Morgan fingerprint density at radius 3 is 3.18 bits per heavy atom. The van der Waals surface area contributed by atoms with Crippen LogP contribution in [-0.2, 0) is 6.42 Å². The Morgan fingerprint density at radius 1 is 1.41 bits per heavy atom. The quantitative estimate of drug-likeness (QED) is 0.831. The molecule has 0 spiro atoms. The van der Waals surface area contributed by atoms with E-state index in [0.29, 0.717) is 0 Å². The minimum atomic E-state index is 0.786. The molecular formula is C13H15N3O. The molecule has 0 radical (unpaired) electrons. The van der Waals surface area contributed by atoms with Crippen LogP contribution in [0.15, 0.2) is 24.4 Å². The van der Waals surface area contributed by atoms with Crippen LogP contribution in [0.25, 0.3) is 11.3 Å². The fourth-order valence-electron chi connectivity index (χ4n) is 2.12. The number of aromatic amines is 1. The molecule has 4 heteroatoms. The van der Waals surface area contributed by atoms with E-state index in [1.165, 1.54) is 5.56 Å². The van der Waals surface area contributed by atoms with E-state index < -0.39 is 0 Å². The van der Waals surface area contributed by atoms with Gasteiger partial charge in [-0.05, 0) is 36.6 Å². The lowest BCUT2D eigenvalue weighted by atomic mass is 10.0. The molecule has 1 aromatic carbocycles. The number of hydrogen-bond acceptors (Lipinski definition) is 3. The zero-order valence-electron chi connectivity index (χ0n) is 9.79. The Morgan fingerprint density at radius 2 is 2.35 bits per heavy atom. The maximum atomic E-state index is 5.60. The van der Waals surface area contributed by atoms with E-state index in [4.69, 9.17) is 4.74 Å². The molecule has 88 valence electrons. The highest BCUT2D eigenvalue weighted by atomic mass is 16.5. The minimum Gasteiger partial charge on any atom is -0.493 e. The number of H-pyrrole nitrogens is 1. The first-order valence-electron chi connectivity index (χ1n) is 5.85. The number of anilines is 1. The smallest absolute Gasteiger partial charge is 0.200 e. The van der Waals surface area contributed by atoms with Gasteiger partial charge in [0.2, 0.25) is 0 Å². The summed E-state index contributed by atoms with van der Waals surface area (Å²) in [5.41, 5.74) is 3.47. The summed E-state index contributed by atoms with van der Waals surface area (Å²) >= 11 is 0. The largest absolute Gasteiger partial charge is 0.493 e. The van der Waals surface area contributed by atoms with Crippen LogP contribution in [0, 0.1) is 0 Å². The lowest BCUT2D eigenvalue weighted by Gasteiger charge is -2.17. The van der Waals surface area contributed by atoms with Crippen molar-refractivity contribution in [3.05, 3.63) is 30.0 Å². The van der Waals surface area contributed by atoms with Crippen LogP contribution in [0.5, 0.6) is 5.75 Å². The molecule has 0 saturated carbocycles. The molecule has 3 rings (SSSR count). The molecule has 2 heterocycles. The fraction of sp³-hybridized carbons (Fsp3) is 0.308. The van der Waals surface area contributed by atoms with E-state index in [1.54, 1.807) is 0 Å². The summed E-state index contributed by atoms with van der Waals surface area (Å²) in [5, 5.41) is 2.99. The molecule has 0 bridgehead atoms. The molecule has 0 amide bonds. The number of hydrogen-bond donors (Lipinski definition) is 2. The van der Waals surface area contributed by atoms with E-state index in [-0.39, 0.29) is 0 Å². The molecule has 1 aliphatic heterocycles. The second kappa shape index (κ2) is 4.13. The lowest BCUT2D eigenvalue weighted by molar-refractivity contribution is 0.288. The zero-order chi connectivity index (χ0) is 11.7. The highest BCUT2D eigenvalue weighted by Gasteiger charge is 2.11. The number of nitrogens with one attached hydrogen (secondary N) is 2. The topological polar surface area (TPSA) is 49.9 Å².